The molecular formula is C21H18N4O3S2. The average molecular weight is 439 g/mol. The summed E-state index contributed by atoms with van der Waals surface area (Å²) in [4.78, 5) is 1.10. The fraction of sp³-hybridized carbons (Fsp3) is 0.143. The number of aromatic nitrogens is 3. The molecule has 7 nitrogen and oxygen atoms in total. The van der Waals surface area contributed by atoms with Crippen molar-refractivity contribution < 1.29 is 12.9 Å². The van der Waals surface area contributed by atoms with Gasteiger partial charge in [-0.2, -0.15) is 5.10 Å². The number of fused-ring (bicyclic) bond motifs is 2. The summed E-state index contributed by atoms with van der Waals surface area (Å²) in [6.45, 7) is 5.27. The van der Waals surface area contributed by atoms with E-state index in [2.05, 4.69) is 45.2 Å². The maximum absolute atomic E-state index is 13.0. The molecule has 3 aromatic heterocycles. The lowest BCUT2D eigenvalue weighted by Gasteiger charge is -2.10. The van der Waals surface area contributed by atoms with Crippen LogP contribution in [0.3, 0.4) is 0 Å². The van der Waals surface area contributed by atoms with Gasteiger partial charge < -0.3 is 4.52 Å². The number of anilines is 1. The van der Waals surface area contributed by atoms with Gasteiger partial charge in [0.1, 0.15) is 5.69 Å². The third-order valence-corrected chi connectivity index (χ3v) is 7.84. The van der Waals surface area contributed by atoms with Gasteiger partial charge in [-0.15, -0.1) is 11.3 Å². The third kappa shape index (κ3) is 2.98. The molecule has 0 saturated carbocycles. The number of thiophene rings is 1. The average Bonchev–Trinajstić information content (AvgIpc) is 3.39. The molecule has 0 saturated heterocycles. The first-order valence-electron chi connectivity index (χ1n) is 9.26. The van der Waals surface area contributed by atoms with Crippen LogP contribution in [0.2, 0.25) is 0 Å². The Morgan fingerprint density at radius 2 is 1.97 bits per heavy atom. The molecule has 0 radical (unpaired) electrons. The Morgan fingerprint density at radius 3 is 2.70 bits per heavy atom. The highest BCUT2D eigenvalue weighted by Crippen LogP contribution is 2.39. The van der Waals surface area contributed by atoms with Crippen molar-refractivity contribution in [1.82, 2.24) is 15.4 Å². The summed E-state index contributed by atoms with van der Waals surface area (Å²) >= 11 is 1.66. The summed E-state index contributed by atoms with van der Waals surface area (Å²) in [5, 5.41) is 12.9. The van der Waals surface area contributed by atoms with Crippen molar-refractivity contribution in [1.29, 1.82) is 0 Å². The highest BCUT2D eigenvalue weighted by atomic mass is 32.2. The summed E-state index contributed by atoms with van der Waals surface area (Å²) in [5.74, 6) is 0.254. The van der Waals surface area contributed by atoms with E-state index < -0.39 is 10.0 Å². The zero-order valence-electron chi connectivity index (χ0n) is 16.5. The van der Waals surface area contributed by atoms with Crippen LogP contribution in [0, 0.1) is 20.8 Å². The van der Waals surface area contributed by atoms with Crippen LogP contribution >= 0.6 is 11.3 Å². The zero-order valence-corrected chi connectivity index (χ0v) is 18.1. The van der Waals surface area contributed by atoms with Crippen molar-refractivity contribution in [3.05, 3.63) is 59.6 Å². The molecule has 0 aliphatic heterocycles. The van der Waals surface area contributed by atoms with E-state index in [0.29, 0.717) is 11.4 Å². The molecule has 0 fully saturated rings. The van der Waals surface area contributed by atoms with Crippen molar-refractivity contribution in [2.24, 2.45) is 0 Å². The van der Waals surface area contributed by atoms with E-state index in [1.54, 1.807) is 37.4 Å². The van der Waals surface area contributed by atoms with Crippen LogP contribution in [0.4, 0.5) is 5.69 Å². The Hall–Kier alpha value is -3.17. The van der Waals surface area contributed by atoms with Crippen LogP contribution < -0.4 is 4.72 Å². The summed E-state index contributed by atoms with van der Waals surface area (Å²) in [7, 11) is -3.85. The monoisotopic (exact) mass is 438 g/mol. The minimum Gasteiger partial charge on any atom is -0.360 e. The maximum atomic E-state index is 13.0. The van der Waals surface area contributed by atoms with Crippen molar-refractivity contribution in [3.63, 3.8) is 0 Å². The highest BCUT2D eigenvalue weighted by molar-refractivity contribution is 7.92. The quantitative estimate of drug-likeness (QED) is 0.404. The topological polar surface area (TPSA) is 101 Å². The van der Waals surface area contributed by atoms with Crippen LogP contribution in [0.1, 0.15) is 17.0 Å². The molecule has 30 heavy (non-hydrogen) atoms. The number of nitrogens with one attached hydrogen (secondary N) is 2. The Morgan fingerprint density at radius 1 is 1.13 bits per heavy atom. The second-order valence-electron chi connectivity index (χ2n) is 7.21. The molecule has 9 heteroatoms. The molecule has 0 aliphatic rings. The molecule has 0 unspecified atom stereocenters. The zero-order chi connectivity index (χ0) is 21.0. The smallest absolute Gasteiger partial charge is 0.267 e. The van der Waals surface area contributed by atoms with Gasteiger partial charge >= 0.3 is 0 Å². The van der Waals surface area contributed by atoms with E-state index in [0.717, 1.165) is 21.3 Å². The Labute approximate surface area is 176 Å². The number of benzene rings is 2. The fourth-order valence-corrected chi connectivity index (χ4v) is 6.25. The van der Waals surface area contributed by atoms with Gasteiger partial charge in [0.15, 0.2) is 10.7 Å². The molecule has 0 spiro atoms. The summed E-state index contributed by atoms with van der Waals surface area (Å²) < 4.78 is 34.8. The molecule has 0 aliphatic carbocycles. The summed E-state index contributed by atoms with van der Waals surface area (Å²) in [6, 6.07) is 11.9. The predicted molar refractivity (Wildman–Crippen MR) is 118 cm³/mol. The van der Waals surface area contributed by atoms with Gasteiger partial charge in [-0.25, -0.2) is 8.42 Å². The lowest BCUT2D eigenvalue weighted by molar-refractivity contribution is 0.390. The largest absolute Gasteiger partial charge is 0.360 e. The first-order valence-corrected chi connectivity index (χ1v) is 11.6. The standard InChI is InChI=1S/C21H18N4O3S2/c1-11-5-4-6-18-16(11)9-19(29-18)17-8-15(7-14-10-22-23-20(14)17)25-30(26,27)21-12(2)24-28-13(21)3/h4-10,25H,1-3H3,(H,22,23). The number of hydrogen-bond acceptors (Lipinski definition) is 6. The lowest BCUT2D eigenvalue weighted by Crippen LogP contribution is -2.14. The molecule has 0 atom stereocenters. The minimum absolute atomic E-state index is 0.0637. The first kappa shape index (κ1) is 18.8. The van der Waals surface area contributed by atoms with Crippen molar-refractivity contribution in [2.75, 3.05) is 4.72 Å². The van der Waals surface area contributed by atoms with Crippen LogP contribution in [0.5, 0.6) is 0 Å². The molecule has 2 N–H and O–H groups in total. The molecule has 5 rings (SSSR count). The molecule has 3 heterocycles. The van der Waals surface area contributed by atoms with E-state index in [9.17, 15) is 8.42 Å². The summed E-state index contributed by atoms with van der Waals surface area (Å²) in [6.07, 6.45) is 1.69. The van der Waals surface area contributed by atoms with Crippen molar-refractivity contribution in [2.45, 2.75) is 25.7 Å². The van der Waals surface area contributed by atoms with Crippen LogP contribution in [0.15, 0.2) is 52.0 Å². The number of aryl methyl sites for hydroxylation is 3. The van der Waals surface area contributed by atoms with Crippen molar-refractivity contribution >= 4 is 48.0 Å². The molecular weight excluding hydrogens is 420 g/mol. The molecule has 2 aromatic carbocycles. The third-order valence-electron chi connectivity index (χ3n) is 5.08. The van der Waals surface area contributed by atoms with Gasteiger partial charge in [-0.05, 0) is 56.0 Å². The lowest BCUT2D eigenvalue weighted by atomic mass is 10.1. The normalized spacial score (nSPS) is 12.1. The van der Waals surface area contributed by atoms with E-state index in [1.807, 2.05) is 12.1 Å². The van der Waals surface area contributed by atoms with Gasteiger partial charge in [0.2, 0.25) is 0 Å². The van der Waals surface area contributed by atoms with Crippen LogP contribution in [0.25, 0.3) is 31.4 Å². The Kier molecular flexibility index (Phi) is 4.19. The van der Waals surface area contributed by atoms with E-state index in [4.69, 9.17) is 4.52 Å². The number of rotatable bonds is 4. The fourth-order valence-electron chi connectivity index (χ4n) is 3.71. The maximum Gasteiger partial charge on any atom is 0.267 e. The van der Waals surface area contributed by atoms with Gasteiger partial charge in [0.25, 0.3) is 10.0 Å². The molecule has 5 aromatic rings. The Bertz CT molecular complexity index is 1510. The Balaban J connectivity index is 1.66. The number of nitrogens with zero attached hydrogens (tertiary/aromatic N) is 2. The highest BCUT2D eigenvalue weighted by Gasteiger charge is 2.25. The van der Waals surface area contributed by atoms with Crippen molar-refractivity contribution in [3.8, 4) is 10.4 Å². The first-order chi connectivity index (χ1) is 14.3. The minimum atomic E-state index is -3.85. The van der Waals surface area contributed by atoms with Gasteiger partial charge in [0.05, 0.1) is 17.4 Å². The number of sulfonamides is 1. The number of aromatic amines is 1. The van der Waals surface area contributed by atoms with E-state index in [-0.39, 0.29) is 10.7 Å². The van der Waals surface area contributed by atoms with Crippen LogP contribution in [-0.4, -0.2) is 23.8 Å². The molecule has 0 bridgehead atoms. The molecule has 152 valence electrons. The molecule has 0 amide bonds. The number of hydrogen-bond donors (Lipinski definition) is 2. The second-order valence-corrected chi connectivity index (χ2v) is 9.92. The van der Waals surface area contributed by atoms with Gasteiger partial charge in [-0.1, -0.05) is 17.3 Å². The van der Waals surface area contributed by atoms with Gasteiger partial charge in [-0.3, -0.25) is 9.82 Å². The van der Waals surface area contributed by atoms with E-state index in [1.165, 1.54) is 15.6 Å². The number of H-pyrrole nitrogens is 1. The second kappa shape index (κ2) is 6.68. The predicted octanol–water partition coefficient (Wildman–Crippen LogP) is 5.16. The SMILES string of the molecule is Cc1noc(C)c1S(=O)(=O)Nc1cc(-c2cc3c(C)cccc3s2)c2[nH]ncc2c1. The van der Waals surface area contributed by atoms with Crippen LogP contribution in [-0.2, 0) is 10.0 Å². The van der Waals surface area contributed by atoms with Gasteiger partial charge in [0, 0.05) is 20.5 Å². The van der Waals surface area contributed by atoms with E-state index >= 15 is 0 Å². The summed E-state index contributed by atoms with van der Waals surface area (Å²) in [5.41, 5.74) is 3.73.